The van der Waals surface area contributed by atoms with Gasteiger partial charge in [0.25, 0.3) is 5.91 Å². The maximum Gasteiger partial charge on any atom is 0.251 e. The molecule has 1 aliphatic heterocycles. The minimum atomic E-state index is -0.00318. The fourth-order valence-electron chi connectivity index (χ4n) is 3.79. The van der Waals surface area contributed by atoms with Gasteiger partial charge < -0.3 is 14.6 Å². The zero-order valence-electron chi connectivity index (χ0n) is 14.0. The number of ether oxygens (including phenoxy) is 1. The molecule has 0 bridgehead atoms. The Bertz CT molecular complexity index is 753. The van der Waals surface area contributed by atoms with Crippen LogP contribution in [0.1, 0.15) is 52.5 Å². The van der Waals surface area contributed by atoms with Gasteiger partial charge in [-0.05, 0) is 55.4 Å². The average molecular weight is 325 g/mol. The maximum atomic E-state index is 12.6. The lowest BCUT2D eigenvalue weighted by molar-refractivity contribution is -0.00301. The highest BCUT2D eigenvalue weighted by molar-refractivity contribution is 5.94. The van der Waals surface area contributed by atoms with Crippen molar-refractivity contribution in [3.05, 3.63) is 53.1 Å². The van der Waals surface area contributed by atoms with Crippen molar-refractivity contribution >= 4 is 5.91 Å². The highest BCUT2D eigenvalue weighted by Crippen LogP contribution is 2.28. The van der Waals surface area contributed by atoms with Crippen LogP contribution in [0.2, 0.25) is 0 Å². The van der Waals surface area contributed by atoms with Crippen molar-refractivity contribution < 1.29 is 9.53 Å². The number of benzene rings is 1. The second-order valence-electron chi connectivity index (χ2n) is 6.82. The summed E-state index contributed by atoms with van der Waals surface area (Å²) in [6.07, 6.45) is 8.70. The molecule has 5 nitrogen and oxygen atoms in total. The summed E-state index contributed by atoms with van der Waals surface area (Å²) < 4.78 is 7.85. The number of hydrogen-bond donors (Lipinski definition) is 1. The molecule has 24 heavy (non-hydrogen) atoms. The Morgan fingerprint density at radius 1 is 1.33 bits per heavy atom. The quantitative estimate of drug-likeness (QED) is 0.943. The summed E-state index contributed by atoms with van der Waals surface area (Å²) in [5, 5.41) is 3.19. The number of nitrogens with one attached hydrogen (secondary N) is 1. The van der Waals surface area contributed by atoms with Crippen LogP contribution in [0.15, 0.2) is 30.7 Å². The number of carbonyl (C=O) groups excluding carboxylic acids is 1. The van der Waals surface area contributed by atoms with Gasteiger partial charge in [-0.25, -0.2) is 4.98 Å². The van der Waals surface area contributed by atoms with E-state index in [1.807, 2.05) is 23.9 Å². The van der Waals surface area contributed by atoms with E-state index in [1.165, 1.54) is 17.5 Å². The molecule has 2 aliphatic rings. The molecular formula is C19H23N3O2. The molecule has 2 heterocycles. The monoisotopic (exact) mass is 325 g/mol. The number of amides is 1. The lowest BCUT2D eigenvalue weighted by Crippen LogP contribution is -2.40. The van der Waals surface area contributed by atoms with E-state index in [1.54, 1.807) is 6.33 Å². The molecule has 0 spiro atoms. The predicted octanol–water partition coefficient (Wildman–Crippen LogP) is 2.56. The number of hydrogen-bond acceptors (Lipinski definition) is 3. The first-order chi connectivity index (χ1) is 11.7. The average Bonchev–Trinajstić information content (AvgIpc) is 3.22. The van der Waals surface area contributed by atoms with Gasteiger partial charge in [0.05, 0.1) is 18.2 Å². The van der Waals surface area contributed by atoms with Crippen LogP contribution in [0.4, 0.5) is 0 Å². The molecule has 2 aromatic rings. The molecule has 1 saturated heterocycles. The zero-order valence-corrected chi connectivity index (χ0v) is 14.0. The second kappa shape index (κ2) is 6.40. The third kappa shape index (κ3) is 2.96. The van der Waals surface area contributed by atoms with Crippen molar-refractivity contribution in [1.29, 1.82) is 0 Å². The molecule has 1 aromatic carbocycles. The van der Waals surface area contributed by atoms with Crippen LogP contribution in [0.25, 0.3) is 0 Å². The smallest absolute Gasteiger partial charge is 0.251 e. The van der Waals surface area contributed by atoms with Gasteiger partial charge in [0, 0.05) is 25.3 Å². The molecule has 2 atom stereocenters. The Balaban J connectivity index is 1.43. The van der Waals surface area contributed by atoms with Crippen LogP contribution in [0.3, 0.4) is 0 Å². The minimum Gasteiger partial charge on any atom is -0.372 e. The number of aromatic nitrogens is 2. The molecule has 0 saturated carbocycles. The number of carbonyl (C=O) groups is 1. The zero-order chi connectivity index (χ0) is 16.5. The SMILES string of the molecule is Cn1cncc1C1CC(NC(=O)c2ccc3c(c2)CCC3)CCO1. The molecule has 2 unspecified atom stereocenters. The van der Waals surface area contributed by atoms with Crippen molar-refractivity contribution in [1.82, 2.24) is 14.9 Å². The van der Waals surface area contributed by atoms with Gasteiger partial charge in [0.1, 0.15) is 6.10 Å². The topological polar surface area (TPSA) is 56.2 Å². The van der Waals surface area contributed by atoms with Gasteiger partial charge in [-0.3, -0.25) is 4.79 Å². The normalized spacial score (nSPS) is 23.0. The molecule has 1 amide bonds. The van der Waals surface area contributed by atoms with E-state index in [2.05, 4.69) is 22.4 Å². The highest BCUT2D eigenvalue weighted by Gasteiger charge is 2.27. The molecule has 5 heteroatoms. The van der Waals surface area contributed by atoms with Crippen molar-refractivity contribution in [3.63, 3.8) is 0 Å². The molecular weight excluding hydrogens is 302 g/mol. The Morgan fingerprint density at radius 2 is 2.21 bits per heavy atom. The summed E-state index contributed by atoms with van der Waals surface area (Å²) in [7, 11) is 1.97. The van der Waals surface area contributed by atoms with Gasteiger partial charge in [-0.2, -0.15) is 0 Å². The van der Waals surface area contributed by atoms with Crippen molar-refractivity contribution in [2.45, 2.75) is 44.2 Å². The Morgan fingerprint density at radius 3 is 3.04 bits per heavy atom. The van der Waals surface area contributed by atoms with Crippen LogP contribution in [-0.2, 0) is 24.6 Å². The van der Waals surface area contributed by atoms with Crippen molar-refractivity contribution in [2.24, 2.45) is 7.05 Å². The number of imidazole rings is 1. The van der Waals surface area contributed by atoms with E-state index in [9.17, 15) is 4.79 Å². The van der Waals surface area contributed by atoms with E-state index >= 15 is 0 Å². The molecule has 1 N–H and O–H groups in total. The Hall–Kier alpha value is -2.14. The molecule has 126 valence electrons. The first kappa shape index (κ1) is 15.4. The summed E-state index contributed by atoms with van der Waals surface area (Å²) in [6.45, 7) is 0.658. The minimum absolute atomic E-state index is 0.00318. The molecule has 0 radical (unpaired) electrons. The van der Waals surface area contributed by atoms with Crippen LogP contribution >= 0.6 is 0 Å². The third-order valence-electron chi connectivity index (χ3n) is 5.16. The summed E-state index contributed by atoms with van der Waals surface area (Å²) in [6, 6.07) is 6.27. The van der Waals surface area contributed by atoms with E-state index in [0.717, 1.165) is 36.9 Å². The lowest BCUT2D eigenvalue weighted by Gasteiger charge is -2.30. The second-order valence-corrected chi connectivity index (χ2v) is 6.82. The van der Waals surface area contributed by atoms with Crippen molar-refractivity contribution in [2.75, 3.05) is 6.61 Å². The number of fused-ring (bicyclic) bond motifs is 1. The number of aryl methyl sites for hydroxylation is 3. The van der Waals surface area contributed by atoms with Crippen molar-refractivity contribution in [3.8, 4) is 0 Å². The lowest BCUT2D eigenvalue weighted by atomic mass is 10.00. The number of rotatable bonds is 3. The van der Waals surface area contributed by atoms with E-state index in [0.29, 0.717) is 6.61 Å². The van der Waals surface area contributed by atoms with Gasteiger partial charge in [0.15, 0.2) is 0 Å². The summed E-state index contributed by atoms with van der Waals surface area (Å²) >= 11 is 0. The Labute approximate surface area is 142 Å². The van der Waals surface area contributed by atoms with Crippen LogP contribution < -0.4 is 5.32 Å². The van der Waals surface area contributed by atoms with E-state index in [4.69, 9.17) is 4.74 Å². The van der Waals surface area contributed by atoms with Crippen LogP contribution in [0.5, 0.6) is 0 Å². The van der Waals surface area contributed by atoms with E-state index in [-0.39, 0.29) is 18.1 Å². The first-order valence-electron chi connectivity index (χ1n) is 8.71. The summed E-state index contributed by atoms with van der Waals surface area (Å²) in [4.78, 5) is 16.8. The molecule has 1 fully saturated rings. The standard InChI is InChI=1S/C19H23N3O2/c1-22-12-20-11-17(22)18-10-16(7-8-24-18)21-19(23)15-6-5-13-3-2-4-14(13)9-15/h5-6,9,11-12,16,18H,2-4,7-8,10H2,1H3,(H,21,23). The van der Waals surface area contributed by atoms with E-state index < -0.39 is 0 Å². The fraction of sp³-hybridized carbons (Fsp3) is 0.474. The predicted molar refractivity (Wildman–Crippen MR) is 90.9 cm³/mol. The van der Waals surface area contributed by atoms with Crippen LogP contribution in [0, 0.1) is 0 Å². The third-order valence-corrected chi connectivity index (χ3v) is 5.16. The number of nitrogens with zero attached hydrogens (tertiary/aromatic N) is 2. The van der Waals surface area contributed by atoms with Crippen LogP contribution in [-0.4, -0.2) is 28.1 Å². The summed E-state index contributed by atoms with van der Waals surface area (Å²) in [5.41, 5.74) is 4.57. The summed E-state index contributed by atoms with van der Waals surface area (Å²) in [5.74, 6) is 0.0281. The van der Waals surface area contributed by atoms with Gasteiger partial charge in [0.2, 0.25) is 0 Å². The van der Waals surface area contributed by atoms with Gasteiger partial charge in [-0.1, -0.05) is 6.07 Å². The molecule has 1 aliphatic carbocycles. The van der Waals surface area contributed by atoms with Gasteiger partial charge >= 0.3 is 0 Å². The largest absolute Gasteiger partial charge is 0.372 e. The maximum absolute atomic E-state index is 12.6. The fourth-order valence-corrected chi connectivity index (χ4v) is 3.79. The molecule has 4 rings (SSSR count). The first-order valence-corrected chi connectivity index (χ1v) is 8.71. The highest BCUT2D eigenvalue weighted by atomic mass is 16.5. The van der Waals surface area contributed by atoms with Gasteiger partial charge in [-0.15, -0.1) is 0 Å². The molecule has 1 aromatic heterocycles. The Kier molecular flexibility index (Phi) is 4.10.